The van der Waals surface area contributed by atoms with Gasteiger partial charge in [0.05, 0.1) is 5.69 Å². The van der Waals surface area contributed by atoms with Crippen molar-refractivity contribution >= 4 is 21.5 Å². The number of anilines is 2. The number of hydrogen-bond acceptors (Lipinski definition) is 5. The van der Waals surface area contributed by atoms with Crippen LogP contribution >= 0.6 is 0 Å². The Morgan fingerprint density at radius 3 is 2.81 bits per heavy atom. The van der Waals surface area contributed by atoms with E-state index in [-0.39, 0.29) is 22.0 Å². The number of sulfonamides is 1. The standard InChI is InChI=1S/C12H12FN5O2S/c1-2-18-7-11(12(15)16-18)21(19,20)17-10-5-3-4-9(13)8(10)6-14/h3-5,7,17H,2H2,1H3,(H2,15,16). The zero-order chi connectivity index (χ0) is 15.6. The zero-order valence-electron chi connectivity index (χ0n) is 11.0. The first-order valence-corrected chi connectivity index (χ1v) is 7.41. The number of hydrogen-bond donors (Lipinski definition) is 2. The number of benzene rings is 1. The molecular formula is C12H12FN5O2S. The van der Waals surface area contributed by atoms with Gasteiger partial charge in [-0.05, 0) is 19.1 Å². The van der Waals surface area contributed by atoms with Gasteiger partial charge >= 0.3 is 0 Å². The molecule has 0 aliphatic carbocycles. The molecule has 1 aromatic carbocycles. The maximum atomic E-state index is 13.5. The predicted molar refractivity (Wildman–Crippen MR) is 74.2 cm³/mol. The molecule has 0 radical (unpaired) electrons. The van der Waals surface area contributed by atoms with Gasteiger partial charge in [-0.1, -0.05) is 6.07 Å². The molecule has 0 fully saturated rings. The summed E-state index contributed by atoms with van der Waals surface area (Å²) in [6.45, 7) is 2.22. The maximum absolute atomic E-state index is 13.5. The molecule has 9 heteroatoms. The topological polar surface area (TPSA) is 114 Å². The van der Waals surface area contributed by atoms with Crippen molar-refractivity contribution in [3.8, 4) is 6.07 Å². The summed E-state index contributed by atoms with van der Waals surface area (Å²) in [5, 5.41) is 12.7. The number of aryl methyl sites for hydroxylation is 1. The summed E-state index contributed by atoms with van der Waals surface area (Å²) in [5.74, 6) is -0.978. The van der Waals surface area contributed by atoms with Crippen molar-refractivity contribution in [2.24, 2.45) is 0 Å². The van der Waals surface area contributed by atoms with E-state index in [1.807, 2.05) is 0 Å². The van der Waals surface area contributed by atoms with Crippen molar-refractivity contribution in [1.29, 1.82) is 5.26 Å². The summed E-state index contributed by atoms with van der Waals surface area (Å²) in [6, 6.07) is 5.27. The molecule has 7 nitrogen and oxygen atoms in total. The van der Waals surface area contributed by atoms with Crippen LogP contribution in [-0.4, -0.2) is 18.2 Å². The van der Waals surface area contributed by atoms with Crippen molar-refractivity contribution < 1.29 is 12.8 Å². The third-order valence-electron chi connectivity index (χ3n) is 2.74. The van der Waals surface area contributed by atoms with Gasteiger partial charge in [-0.15, -0.1) is 0 Å². The van der Waals surface area contributed by atoms with E-state index >= 15 is 0 Å². The number of nitrogens with two attached hydrogens (primary N) is 1. The van der Waals surface area contributed by atoms with Crippen molar-refractivity contribution in [2.75, 3.05) is 10.5 Å². The van der Waals surface area contributed by atoms with Gasteiger partial charge in [0, 0.05) is 12.7 Å². The van der Waals surface area contributed by atoms with E-state index < -0.39 is 15.8 Å². The summed E-state index contributed by atoms with van der Waals surface area (Å²) < 4.78 is 41.5. The van der Waals surface area contributed by atoms with Gasteiger partial charge in [-0.3, -0.25) is 9.40 Å². The third-order valence-corrected chi connectivity index (χ3v) is 4.12. The Morgan fingerprint density at radius 1 is 1.52 bits per heavy atom. The lowest BCUT2D eigenvalue weighted by molar-refractivity contribution is 0.600. The Kier molecular flexibility index (Phi) is 3.82. The molecule has 0 amide bonds. The minimum absolute atomic E-state index is 0.152. The molecular weight excluding hydrogens is 297 g/mol. The molecule has 2 rings (SSSR count). The van der Waals surface area contributed by atoms with Crippen LogP contribution in [0.3, 0.4) is 0 Å². The molecule has 21 heavy (non-hydrogen) atoms. The number of halogens is 1. The van der Waals surface area contributed by atoms with E-state index in [0.29, 0.717) is 6.54 Å². The van der Waals surface area contributed by atoms with E-state index in [1.54, 1.807) is 13.0 Å². The second kappa shape index (κ2) is 5.41. The second-order valence-electron chi connectivity index (χ2n) is 4.11. The summed E-state index contributed by atoms with van der Waals surface area (Å²) in [5.41, 5.74) is 5.03. The molecule has 1 heterocycles. The Bertz CT molecular complexity index is 823. The van der Waals surface area contributed by atoms with Crippen LogP contribution in [0, 0.1) is 17.1 Å². The SMILES string of the molecule is CCn1cc(S(=O)(=O)Nc2cccc(F)c2C#N)c(N)n1. The molecule has 0 aliphatic heterocycles. The van der Waals surface area contributed by atoms with Crippen LogP contribution in [0.5, 0.6) is 0 Å². The number of rotatable bonds is 4. The highest BCUT2D eigenvalue weighted by Crippen LogP contribution is 2.24. The largest absolute Gasteiger partial charge is 0.381 e. The Balaban J connectivity index is 2.45. The molecule has 0 unspecified atom stereocenters. The number of nitrogens with one attached hydrogen (secondary N) is 1. The van der Waals surface area contributed by atoms with Crippen LogP contribution in [0.25, 0.3) is 0 Å². The van der Waals surface area contributed by atoms with Gasteiger partial charge in [0.15, 0.2) is 5.82 Å². The smallest absolute Gasteiger partial charge is 0.267 e. The minimum atomic E-state index is -4.06. The molecule has 110 valence electrons. The second-order valence-corrected chi connectivity index (χ2v) is 5.76. The fourth-order valence-electron chi connectivity index (χ4n) is 1.71. The maximum Gasteiger partial charge on any atom is 0.267 e. The van der Waals surface area contributed by atoms with Crippen molar-refractivity contribution in [3.05, 3.63) is 35.8 Å². The van der Waals surface area contributed by atoms with E-state index in [4.69, 9.17) is 11.0 Å². The van der Waals surface area contributed by atoms with Crippen molar-refractivity contribution in [1.82, 2.24) is 9.78 Å². The van der Waals surface area contributed by atoms with E-state index in [0.717, 1.165) is 6.07 Å². The predicted octanol–water partition coefficient (Wildman–Crippen LogP) is 1.30. The fourth-order valence-corrected chi connectivity index (χ4v) is 2.86. The van der Waals surface area contributed by atoms with E-state index in [9.17, 15) is 12.8 Å². The monoisotopic (exact) mass is 309 g/mol. The number of nitrogens with zero attached hydrogens (tertiary/aromatic N) is 3. The Labute approximate surface area is 120 Å². The zero-order valence-corrected chi connectivity index (χ0v) is 11.9. The first kappa shape index (κ1) is 14.8. The molecule has 1 aromatic heterocycles. The first-order chi connectivity index (χ1) is 9.89. The van der Waals surface area contributed by atoms with Crippen LogP contribution in [0.1, 0.15) is 12.5 Å². The van der Waals surface area contributed by atoms with Crippen molar-refractivity contribution in [2.45, 2.75) is 18.4 Å². The lowest BCUT2D eigenvalue weighted by Gasteiger charge is -2.08. The summed E-state index contributed by atoms with van der Waals surface area (Å²) >= 11 is 0. The molecule has 0 saturated carbocycles. The van der Waals surface area contributed by atoms with Crippen LogP contribution < -0.4 is 10.5 Å². The lowest BCUT2D eigenvalue weighted by Crippen LogP contribution is -2.15. The van der Waals surface area contributed by atoms with Crippen molar-refractivity contribution in [3.63, 3.8) is 0 Å². The third kappa shape index (κ3) is 2.80. The number of nitriles is 1. The summed E-state index contributed by atoms with van der Waals surface area (Å²) in [7, 11) is -4.06. The van der Waals surface area contributed by atoms with Crippen LogP contribution in [0.2, 0.25) is 0 Å². The van der Waals surface area contributed by atoms with Crippen LogP contribution in [0.4, 0.5) is 15.9 Å². The Hall–Kier alpha value is -2.60. The summed E-state index contributed by atoms with van der Waals surface area (Å²) in [6.07, 6.45) is 1.27. The van der Waals surface area contributed by atoms with Gasteiger partial charge in [-0.2, -0.15) is 10.4 Å². The normalized spacial score (nSPS) is 11.1. The average Bonchev–Trinajstić information content (AvgIpc) is 2.81. The highest BCUT2D eigenvalue weighted by atomic mass is 32.2. The van der Waals surface area contributed by atoms with Gasteiger partial charge < -0.3 is 5.73 Å². The first-order valence-electron chi connectivity index (χ1n) is 5.93. The van der Waals surface area contributed by atoms with Gasteiger partial charge in [-0.25, -0.2) is 12.8 Å². The van der Waals surface area contributed by atoms with Gasteiger partial charge in [0.1, 0.15) is 22.3 Å². The molecule has 2 aromatic rings. The molecule has 0 atom stereocenters. The number of nitrogen functional groups attached to an aromatic ring is 1. The lowest BCUT2D eigenvalue weighted by atomic mass is 10.2. The molecule has 0 saturated heterocycles. The Morgan fingerprint density at radius 2 is 2.24 bits per heavy atom. The highest BCUT2D eigenvalue weighted by Gasteiger charge is 2.23. The molecule has 3 N–H and O–H groups in total. The molecule has 0 bridgehead atoms. The van der Waals surface area contributed by atoms with Crippen LogP contribution in [-0.2, 0) is 16.6 Å². The average molecular weight is 309 g/mol. The highest BCUT2D eigenvalue weighted by molar-refractivity contribution is 7.92. The quantitative estimate of drug-likeness (QED) is 0.883. The summed E-state index contributed by atoms with van der Waals surface area (Å²) in [4.78, 5) is -0.225. The number of aromatic nitrogens is 2. The fraction of sp³-hybridized carbons (Fsp3) is 0.167. The van der Waals surface area contributed by atoms with E-state index in [2.05, 4.69) is 9.82 Å². The minimum Gasteiger partial charge on any atom is -0.381 e. The van der Waals surface area contributed by atoms with Crippen LogP contribution in [0.15, 0.2) is 29.3 Å². The van der Waals surface area contributed by atoms with E-state index in [1.165, 1.54) is 23.0 Å². The van der Waals surface area contributed by atoms with Gasteiger partial charge in [0.25, 0.3) is 10.0 Å². The van der Waals surface area contributed by atoms with Gasteiger partial charge in [0.2, 0.25) is 0 Å². The molecule has 0 spiro atoms. The molecule has 0 aliphatic rings.